The quantitative estimate of drug-likeness (QED) is 0.404. The van der Waals surface area contributed by atoms with E-state index in [1.54, 1.807) is 0 Å². The number of benzene rings is 1. The molecule has 1 aromatic rings. The predicted octanol–water partition coefficient (Wildman–Crippen LogP) is 2.52. The first-order valence-corrected chi connectivity index (χ1v) is 9.56. The fraction of sp³-hybridized carbons (Fsp3) is 0.650. The molecule has 0 bridgehead atoms. The minimum Gasteiger partial charge on any atom is -0.383 e. The molecule has 2 unspecified atom stereocenters. The van der Waals surface area contributed by atoms with E-state index in [0.717, 1.165) is 63.6 Å². The molecule has 2 saturated heterocycles. The molecular formula is C20H30IN3O2. The van der Waals surface area contributed by atoms with Gasteiger partial charge in [0.15, 0.2) is 5.96 Å². The first kappa shape index (κ1) is 19.9. The molecule has 6 heteroatoms. The maximum atomic E-state index is 11.1. The van der Waals surface area contributed by atoms with E-state index in [1.165, 1.54) is 12.0 Å². The van der Waals surface area contributed by atoms with Crippen molar-refractivity contribution >= 4 is 29.9 Å². The van der Waals surface area contributed by atoms with Crippen LogP contribution in [0.4, 0.5) is 0 Å². The van der Waals surface area contributed by atoms with Crippen molar-refractivity contribution in [2.24, 2.45) is 10.4 Å². The molecule has 1 spiro atoms. The van der Waals surface area contributed by atoms with Crippen molar-refractivity contribution in [3.63, 3.8) is 0 Å². The number of nitrogens with zero attached hydrogens (tertiary/aromatic N) is 2. The normalized spacial score (nSPS) is 30.5. The van der Waals surface area contributed by atoms with E-state index in [0.29, 0.717) is 12.0 Å². The van der Waals surface area contributed by atoms with Crippen LogP contribution in [-0.4, -0.2) is 55.4 Å². The van der Waals surface area contributed by atoms with Crippen molar-refractivity contribution in [3.8, 4) is 0 Å². The van der Waals surface area contributed by atoms with Crippen LogP contribution in [0.2, 0.25) is 0 Å². The summed E-state index contributed by atoms with van der Waals surface area (Å²) in [6, 6.07) is 8.22. The van der Waals surface area contributed by atoms with Gasteiger partial charge in [-0.05, 0) is 43.7 Å². The lowest BCUT2D eigenvalue weighted by molar-refractivity contribution is 0.0483. The van der Waals surface area contributed by atoms with Crippen molar-refractivity contribution < 1.29 is 9.84 Å². The van der Waals surface area contributed by atoms with Crippen LogP contribution in [0.3, 0.4) is 0 Å². The lowest BCUT2D eigenvalue weighted by atomic mass is 9.87. The van der Waals surface area contributed by atoms with Gasteiger partial charge in [0.1, 0.15) is 5.60 Å². The van der Waals surface area contributed by atoms with Crippen LogP contribution in [0.25, 0.3) is 0 Å². The third-order valence-electron chi connectivity index (χ3n) is 6.07. The molecule has 4 rings (SSSR count). The van der Waals surface area contributed by atoms with Gasteiger partial charge in [0.2, 0.25) is 0 Å². The Hall–Kier alpha value is -0.860. The number of aliphatic hydroxyl groups is 1. The zero-order valence-electron chi connectivity index (χ0n) is 15.5. The first-order chi connectivity index (χ1) is 12.1. The van der Waals surface area contributed by atoms with Gasteiger partial charge in [0.05, 0.1) is 13.2 Å². The number of fused-ring (bicyclic) bond motifs is 1. The molecule has 2 N–H and O–H groups in total. The number of aryl methyl sites for hydroxylation is 1. The summed E-state index contributed by atoms with van der Waals surface area (Å²) in [5, 5.41) is 14.6. The third-order valence-corrected chi connectivity index (χ3v) is 6.07. The number of rotatable bonds is 3. The van der Waals surface area contributed by atoms with Crippen molar-refractivity contribution in [3.05, 3.63) is 35.4 Å². The highest BCUT2D eigenvalue weighted by molar-refractivity contribution is 14.0. The highest BCUT2D eigenvalue weighted by Gasteiger charge is 2.42. The Labute approximate surface area is 173 Å². The van der Waals surface area contributed by atoms with E-state index in [1.807, 2.05) is 18.2 Å². The molecule has 3 aliphatic rings. The maximum Gasteiger partial charge on any atom is 0.194 e. The summed E-state index contributed by atoms with van der Waals surface area (Å²) in [4.78, 5) is 7.19. The molecule has 1 aliphatic carbocycles. The molecule has 0 saturated carbocycles. The number of halogens is 1. The Morgan fingerprint density at radius 1 is 1.31 bits per heavy atom. The van der Waals surface area contributed by atoms with Crippen molar-refractivity contribution in [2.45, 2.75) is 38.2 Å². The largest absolute Gasteiger partial charge is 0.383 e. The van der Waals surface area contributed by atoms with Gasteiger partial charge in [0.25, 0.3) is 0 Å². The second-order valence-electron chi connectivity index (χ2n) is 7.83. The predicted molar refractivity (Wildman–Crippen MR) is 114 cm³/mol. The van der Waals surface area contributed by atoms with E-state index >= 15 is 0 Å². The SMILES string of the molecule is CCNC(=NCC1(O)CCc2ccccc21)N1CCC2(CCOC2)C1.I. The van der Waals surface area contributed by atoms with E-state index in [2.05, 4.69) is 23.2 Å². The molecule has 1 aromatic carbocycles. The zero-order chi connectivity index (χ0) is 17.3. The van der Waals surface area contributed by atoms with Gasteiger partial charge in [-0.2, -0.15) is 0 Å². The van der Waals surface area contributed by atoms with Crippen LogP contribution in [0.15, 0.2) is 29.3 Å². The average Bonchev–Trinajstić information content (AvgIpc) is 3.34. The van der Waals surface area contributed by atoms with E-state index < -0.39 is 5.60 Å². The second-order valence-corrected chi connectivity index (χ2v) is 7.83. The Morgan fingerprint density at radius 2 is 2.15 bits per heavy atom. The third kappa shape index (κ3) is 3.73. The number of likely N-dealkylation sites (tertiary alicyclic amines) is 1. The molecule has 0 radical (unpaired) electrons. The van der Waals surface area contributed by atoms with E-state index in [4.69, 9.17) is 9.73 Å². The number of hydrogen-bond donors (Lipinski definition) is 2. The summed E-state index contributed by atoms with van der Waals surface area (Å²) in [7, 11) is 0. The van der Waals surface area contributed by atoms with Crippen molar-refractivity contribution in [1.29, 1.82) is 0 Å². The molecule has 26 heavy (non-hydrogen) atoms. The summed E-state index contributed by atoms with van der Waals surface area (Å²) < 4.78 is 5.64. The summed E-state index contributed by atoms with van der Waals surface area (Å²) in [6.07, 6.45) is 4.01. The Balaban J connectivity index is 0.00000196. The van der Waals surface area contributed by atoms with Crippen LogP contribution >= 0.6 is 24.0 Å². The van der Waals surface area contributed by atoms with Gasteiger partial charge < -0.3 is 20.1 Å². The number of hydrogen-bond acceptors (Lipinski definition) is 3. The van der Waals surface area contributed by atoms with Crippen LogP contribution in [-0.2, 0) is 16.8 Å². The number of nitrogens with one attached hydrogen (secondary N) is 1. The van der Waals surface area contributed by atoms with Crippen LogP contribution in [0, 0.1) is 5.41 Å². The standard InChI is InChI=1S/C20H29N3O2.HI/c1-2-21-18(23-11-9-19(14-23)10-12-25-15-19)22-13-20(24)8-7-16-5-3-4-6-17(16)20;/h3-6,24H,2,7-15H2,1H3,(H,21,22);1H. The van der Waals surface area contributed by atoms with Gasteiger partial charge in [-0.25, -0.2) is 4.99 Å². The number of aliphatic imine (C=N–C) groups is 1. The van der Waals surface area contributed by atoms with Crippen LogP contribution in [0.1, 0.15) is 37.3 Å². The smallest absolute Gasteiger partial charge is 0.194 e. The fourth-order valence-electron chi connectivity index (χ4n) is 4.55. The fourth-order valence-corrected chi connectivity index (χ4v) is 4.55. The average molecular weight is 471 g/mol. The minimum absolute atomic E-state index is 0. The second kappa shape index (κ2) is 8.02. The summed E-state index contributed by atoms with van der Waals surface area (Å²) in [5.74, 6) is 0.934. The highest BCUT2D eigenvalue weighted by Crippen LogP contribution is 2.39. The highest BCUT2D eigenvalue weighted by atomic mass is 127. The Bertz CT molecular complexity index is 660. The molecule has 2 aliphatic heterocycles. The van der Waals surface area contributed by atoms with E-state index in [-0.39, 0.29) is 24.0 Å². The monoisotopic (exact) mass is 471 g/mol. The Morgan fingerprint density at radius 3 is 2.92 bits per heavy atom. The molecule has 2 atom stereocenters. The summed E-state index contributed by atoms with van der Waals surface area (Å²) in [6.45, 7) is 7.15. The lowest BCUT2D eigenvalue weighted by Gasteiger charge is -2.27. The molecule has 0 aromatic heterocycles. The topological polar surface area (TPSA) is 57.1 Å². The lowest BCUT2D eigenvalue weighted by Crippen LogP contribution is -2.42. The van der Waals surface area contributed by atoms with Gasteiger partial charge in [-0.15, -0.1) is 24.0 Å². The number of guanidine groups is 1. The maximum absolute atomic E-state index is 11.1. The molecule has 2 heterocycles. The molecule has 0 amide bonds. The van der Waals surface area contributed by atoms with Gasteiger partial charge in [-0.1, -0.05) is 24.3 Å². The van der Waals surface area contributed by atoms with Crippen molar-refractivity contribution in [1.82, 2.24) is 10.2 Å². The van der Waals surface area contributed by atoms with Crippen LogP contribution < -0.4 is 5.32 Å². The molecule has 144 valence electrons. The van der Waals surface area contributed by atoms with Gasteiger partial charge in [-0.3, -0.25) is 0 Å². The summed E-state index contributed by atoms with van der Waals surface area (Å²) >= 11 is 0. The minimum atomic E-state index is -0.828. The zero-order valence-corrected chi connectivity index (χ0v) is 17.9. The van der Waals surface area contributed by atoms with Crippen molar-refractivity contribution in [2.75, 3.05) is 39.4 Å². The van der Waals surface area contributed by atoms with Gasteiger partial charge >= 0.3 is 0 Å². The van der Waals surface area contributed by atoms with Gasteiger partial charge in [0, 0.05) is 31.7 Å². The molecule has 2 fully saturated rings. The summed E-state index contributed by atoms with van der Waals surface area (Å²) in [5.41, 5.74) is 1.79. The number of ether oxygens (including phenoxy) is 1. The Kier molecular flexibility index (Phi) is 6.14. The molecule has 5 nitrogen and oxygen atoms in total. The van der Waals surface area contributed by atoms with Crippen LogP contribution in [0.5, 0.6) is 0 Å². The van der Waals surface area contributed by atoms with E-state index in [9.17, 15) is 5.11 Å². The molecular weight excluding hydrogens is 441 g/mol. The first-order valence-electron chi connectivity index (χ1n) is 9.56.